The van der Waals surface area contributed by atoms with Crippen molar-refractivity contribution in [1.29, 1.82) is 0 Å². The van der Waals surface area contributed by atoms with Gasteiger partial charge in [-0.1, -0.05) is 32.0 Å². The molecule has 1 amide bonds. The molecule has 0 bridgehead atoms. The van der Waals surface area contributed by atoms with Gasteiger partial charge in [-0.3, -0.25) is 4.79 Å². The van der Waals surface area contributed by atoms with Gasteiger partial charge in [-0.2, -0.15) is 0 Å². The van der Waals surface area contributed by atoms with Gasteiger partial charge in [-0.25, -0.2) is 0 Å². The van der Waals surface area contributed by atoms with Crippen LogP contribution in [0, 0.1) is 0 Å². The molecule has 2 aromatic rings. The van der Waals surface area contributed by atoms with Gasteiger partial charge in [-0.05, 0) is 19.2 Å². The number of fused-ring (bicyclic) bond motifs is 1. The summed E-state index contributed by atoms with van der Waals surface area (Å²) in [6, 6.07) is 8.31. The number of aromatic amines is 1. The van der Waals surface area contributed by atoms with Gasteiger partial charge in [0, 0.05) is 35.8 Å². The number of amides is 1. The number of nitrogens with zero attached hydrogens (tertiary/aromatic N) is 2. The summed E-state index contributed by atoms with van der Waals surface area (Å²) in [4.78, 5) is 20.0. The van der Waals surface area contributed by atoms with Crippen molar-refractivity contribution >= 4 is 28.6 Å². The van der Waals surface area contributed by atoms with Crippen molar-refractivity contribution in [3.63, 3.8) is 0 Å². The average molecular weight is 317 g/mol. The Balaban J connectivity index is 1.81. The number of carbonyl (C=O) groups excluding carboxylic acids is 1. The Bertz CT molecular complexity index is 650. The number of aromatic nitrogens is 1. The first-order valence-electron chi connectivity index (χ1n) is 7.94. The van der Waals surface area contributed by atoms with Gasteiger partial charge in [0.1, 0.15) is 5.37 Å². The van der Waals surface area contributed by atoms with Crippen molar-refractivity contribution < 1.29 is 4.79 Å². The van der Waals surface area contributed by atoms with E-state index >= 15 is 0 Å². The molecule has 1 saturated heterocycles. The summed E-state index contributed by atoms with van der Waals surface area (Å²) < 4.78 is 0. The van der Waals surface area contributed by atoms with E-state index in [1.807, 2.05) is 11.0 Å². The van der Waals surface area contributed by atoms with Crippen LogP contribution >= 0.6 is 11.8 Å². The predicted octanol–water partition coefficient (Wildman–Crippen LogP) is 3.08. The van der Waals surface area contributed by atoms with Crippen molar-refractivity contribution in [3.05, 3.63) is 36.0 Å². The Hall–Kier alpha value is -1.46. The maximum Gasteiger partial charge on any atom is 0.233 e. The molecule has 1 aromatic carbocycles. The number of likely N-dealkylation sites (N-methyl/N-ethyl adjacent to an activating group) is 1. The number of hydrogen-bond acceptors (Lipinski definition) is 3. The standard InChI is InChI=1S/C17H23N3OS/c1-3-19(4-2)9-10-20-16(21)12-22-17(20)14-11-18-15-8-6-5-7-13(14)15/h5-8,11,17-18H,3-4,9-10,12H2,1-2H3. The summed E-state index contributed by atoms with van der Waals surface area (Å²) in [5, 5.41) is 1.36. The highest BCUT2D eigenvalue weighted by Gasteiger charge is 2.33. The zero-order chi connectivity index (χ0) is 15.5. The molecule has 118 valence electrons. The molecule has 1 aromatic heterocycles. The molecule has 1 unspecified atom stereocenters. The molecular weight excluding hydrogens is 294 g/mol. The molecule has 1 atom stereocenters. The van der Waals surface area contributed by atoms with Crippen LogP contribution in [0.5, 0.6) is 0 Å². The van der Waals surface area contributed by atoms with Crippen molar-refractivity contribution in [2.24, 2.45) is 0 Å². The van der Waals surface area contributed by atoms with Gasteiger partial charge < -0.3 is 14.8 Å². The Morgan fingerprint density at radius 1 is 1.32 bits per heavy atom. The van der Waals surface area contributed by atoms with E-state index in [0.29, 0.717) is 5.75 Å². The Labute approximate surface area is 135 Å². The van der Waals surface area contributed by atoms with Crippen molar-refractivity contribution in [2.75, 3.05) is 31.9 Å². The number of rotatable bonds is 6. The minimum Gasteiger partial charge on any atom is -0.361 e. The van der Waals surface area contributed by atoms with Crippen LogP contribution in [0.4, 0.5) is 0 Å². The van der Waals surface area contributed by atoms with Crippen LogP contribution in [-0.2, 0) is 4.79 Å². The van der Waals surface area contributed by atoms with Gasteiger partial charge in [0.15, 0.2) is 0 Å². The third-order valence-electron chi connectivity index (χ3n) is 4.41. The van der Waals surface area contributed by atoms with Gasteiger partial charge in [0.05, 0.1) is 5.75 Å². The first-order chi connectivity index (χ1) is 10.7. The maximum atomic E-state index is 12.3. The first-order valence-corrected chi connectivity index (χ1v) is 8.99. The van der Waals surface area contributed by atoms with E-state index in [9.17, 15) is 4.79 Å². The molecule has 0 saturated carbocycles. The predicted molar refractivity (Wildman–Crippen MR) is 93.0 cm³/mol. The van der Waals surface area contributed by atoms with Gasteiger partial charge >= 0.3 is 0 Å². The zero-order valence-electron chi connectivity index (χ0n) is 13.2. The normalized spacial score (nSPS) is 18.8. The third kappa shape index (κ3) is 2.88. The highest BCUT2D eigenvalue weighted by molar-refractivity contribution is 8.00. The Morgan fingerprint density at radius 3 is 2.86 bits per heavy atom. The fourth-order valence-electron chi connectivity index (χ4n) is 3.04. The molecule has 22 heavy (non-hydrogen) atoms. The molecule has 3 rings (SSSR count). The number of carbonyl (C=O) groups is 1. The lowest BCUT2D eigenvalue weighted by molar-refractivity contribution is -0.128. The minimum atomic E-state index is 0.138. The summed E-state index contributed by atoms with van der Waals surface area (Å²) in [6.07, 6.45) is 2.06. The first kappa shape index (κ1) is 15.4. The second-order valence-corrected chi connectivity index (χ2v) is 6.64. The fraction of sp³-hybridized carbons (Fsp3) is 0.471. The molecule has 4 nitrogen and oxygen atoms in total. The van der Waals surface area contributed by atoms with Crippen LogP contribution in [0.1, 0.15) is 24.8 Å². The van der Waals surface area contributed by atoms with Gasteiger partial charge in [0.25, 0.3) is 0 Å². The number of para-hydroxylation sites is 1. The largest absolute Gasteiger partial charge is 0.361 e. The van der Waals surface area contributed by atoms with E-state index in [1.165, 1.54) is 10.9 Å². The summed E-state index contributed by atoms with van der Waals surface area (Å²) in [5.41, 5.74) is 2.37. The molecule has 1 aliphatic heterocycles. The highest BCUT2D eigenvalue weighted by atomic mass is 32.2. The third-order valence-corrected chi connectivity index (χ3v) is 5.64. The molecule has 5 heteroatoms. The highest BCUT2D eigenvalue weighted by Crippen LogP contribution is 2.41. The summed E-state index contributed by atoms with van der Waals surface area (Å²) in [5.74, 6) is 0.843. The topological polar surface area (TPSA) is 39.3 Å². The number of benzene rings is 1. The molecule has 1 aliphatic rings. The van der Waals surface area contributed by atoms with Crippen molar-refractivity contribution in [2.45, 2.75) is 19.2 Å². The van der Waals surface area contributed by atoms with E-state index in [1.54, 1.807) is 11.8 Å². The molecule has 0 radical (unpaired) electrons. The molecule has 0 spiro atoms. The van der Waals surface area contributed by atoms with Crippen LogP contribution in [-0.4, -0.2) is 52.6 Å². The summed E-state index contributed by atoms with van der Waals surface area (Å²) in [6.45, 7) is 8.14. The second-order valence-electron chi connectivity index (χ2n) is 5.57. The van der Waals surface area contributed by atoms with E-state index in [-0.39, 0.29) is 11.3 Å². The Morgan fingerprint density at radius 2 is 2.09 bits per heavy atom. The molecule has 1 N–H and O–H groups in total. The molecule has 1 fully saturated rings. The maximum absolute atomic E-state index is 12.3. The van der Waals surface area contributed by atoms with E-state index in [2.05, 4.69) is 48.1 Å². The number of H-pyrrole nitrogens is 1. The lowest BCUT2D eigenvalue weighted by Crippen LogP contribution is -2.37. The smallest absolute Gasteiger partial charge is 0.233 e. The van der Waals surface area contributed by atoms with Crippen LogP contribution in [0.15, 0.2) is 30.5 Å². The lowest BCUT2D eigenvalue weighted by Gasteiger charge is -2.27. The zero-order valence-corrected chi connectivity index (χ0v) is 14.0. The summed E-state index contributed by atoms with van der Waals surface area (Å²) in [7, 11) is 0. The van der Waals surface area contributed by atoms with Gasteiger partial charge in [-0.15, -0.1) is 11.8 Å². The van der Waals surface area contributed by atoms with E-state index in [0.717, 1.165) is 31.7 Å². The van der Waals surface area contributed by atoms with Crippen LogP contribution in [0.2, 0.25) is 0 Å². The van der Waals surface area contributed by atoms with Crippen molar-refractivity contribution in [3.8, 4) is 0 Å². The van der Waals surface area contributed by atoms with Gasteiger partial charge in [0.2, 0.25) is 5.91 Å². The SMILES string of the molecule is CCN(CC)CCN1C(=O)CSC1c1c[nH]c2ccccc12. The van der Waals surface area contributed by atoms with E-state index in [4.69, 9.17) is 0 Å². The second kappa shape index (κ2) is 6.75. The number of hydrogen-bond donors (Lipinski definition) is 1. The number of nitrogens with one attached hydrogen (secondary N) is 1. The number of thioether (sulfide) groups is 1. The van der Waals surface area contributed by atoms with Crippen LogP contribution < -0.4 is 0 Å². The lowest BCUT2D eigenvalue weighted by atomic mass is 10.1. The van der Waals surface area contributed by atoms with E-state index < -0.39 is 0 Å². The Kier molecular flexibility index (Phi) is 4.74. The molecule has 0 aliphatic carbocycles. The minimum absolute atomic E-state index is 0.138. The molecule has 2 heterocycles. The van der Waals surface area contributed by atoms with Crippen LogP contribution in [0.25, 0.3) is 10.9 Å². The van der Waals surface area contributed by atoms with Crippen LogP contribution in [0.3, 0.4) is 0 Å². The molecular formula is C17H23N3OS. The monoisotopic (exact) mass is 317 g/mol. The average Bonchev–Trinajstić information content (AvgIpc) is 3.12. The quantitative estimate of drug-likeness (QED) is 0.890. The van der Waals surface area contributed by atoms with Crippen molar-refractivity contribution in [1.82, 2.24) is 14.8 Å². The summed E-state index contributed by atoms with van der Waals surface area (Å²) >= 11 is 1.74. The fourth-order valence-corrected chi connectivity index (χ4v) is 4.28.